The molecule has 2 bridgehead atoms. The maximum Gasteiger partial charge on any atom is 0.224 e. The van der Waals surface area contributed by atoms with Crippen LogP contribution in [0.2, 0.25) is 0 Å². The Morgan fingerprint density at radius 3 is 2.64 bits per heavy atom. The van der Waals surface area contributed by atoms with Gasteiger partial charge in [-0.15, -0.1) is 0 Å². The second-order valence-electron chi connectivity index (χ2n) is 8.35. The molecule has 2 aliphatic rings. The van der Waals surface area contributed by atoms with Crippen molar-refractivity contribution in [2.75, 3.05) is 5.32 Å². The molecule has 4 heterocycles. The Kier molecular flexibility index (Phi) is 4.40. The fourth-order valence-electron chi connectivity index (χ4n) is 4.83. The van der Waals surface area contributed by atoms with Crippen LogP contribution in [0, 0.1) is 12.8 Å². The lowest BCUT2D eigenvalue weighted by Crippen LogP contribution is -2.39. The molecule has 0 radical (unpaired) electrons. The van der Waals surface area contributed by atoms with Crippen LogP contribution in [-0.4, -0.2) is 27.4 Å². The van der Waals surface area contributed by atoms with Gasteiger partial charge in [-0.2, -0.15) is 0 Å². The normalized spacial score (nSPS) is 23.8. The molecule has 1 amide bonds. The quantitative estimate of drug-likeness (QED) is 0.721. The number of hydrogen-bond donors (Lipinski definition) is 2. The van der Waals surface area contributed by atoms with Gasteiger partial charge in [0.05, 0.1) is 5.69 Å². The minimum absolute atomic E-state index is 0.127. The van der Waals surface area contributed by atoms with Gasteiger partial charge >= 0.3 is 0 Å². The zero-order valence-corrected chi connectivity index (χ0v) is 16.2. The van der Waals surface area contributed by atoms with Crippen molar-refractivity contribution in [2.24, 2.45) is 5.92 Å². The molecule has 0 spiro atoms. The van der Waals surface area contributed by atoms with Crippen LogP contribution in [0.4, 0.5) is 5.69 Å². The third kappa shape index (κ3) is 3.42. The molecule has 2 unspecified atom stereocenters. The summed E-state index contributed by atoms with van der Waals surface area (Å²) in [5.41, 5.74) is 4.98. The van der Waals surface area contributed by atoms with E-state index in [4.69, 9.17) is 4.98 Å². The number of aryl methyl sites for hydroxylation is 1. The predicted octanol–water partition coefficient (Wildman–Crippen LogP) is 4.17. The van der Waals surface area contributed by atoms with Gasteiger partial charge in [0.15, 0.2) is 0 Å². The predicted molar refractivity (Wildman–Crippen MR) is 111 cm³/mol. The standard InChI is InChI=1S/C23H26N4O/c1-15-3-2-10-27-14-21(26-23(15)27)17-4-6-18(7-5-17)25-22(28)13-16-11-19-8-9-20(12-16)24-19/h2-7,10,14,16,19-20,24H,8-9,11-13H2,1H3,(H,25,28). The highest BCUT2D eigenvalue weighted by molar-refractivity contribution is 5.91. The van der Waals surface area contributed by atoms with Crippen LogP contribution >= 0.6 is 0 Å². The van der Waals surface area contributed by atoms with Gasteiger partial charge in [-0.1, -0.05) is 18.2 Å². The number of aromatic nitrogens is 2. The van der Waals surface area contributed by atoms with Crippen molar-refractivity contribution < 1.29 is 4.79 Å². The highest BCUT2D eigenvalue weighted by Gasteiger charge is 2.34. The summed E-state index contributed by atoms with van der Waals surface area (Å²) in [5, 5.41) is 6.71. The maximum atomic E-state index is 12.5. The molecular weight excluding hydrogens is 348 g/mol. The highest BCUT2D eigenvalue weighted by Crippen LogP contribution is 2.33. The molecule has 144 valence electrons. The van der Waals surface area contributed by atoms with Crippen LogP contribution < -0.4 is 10.6 Å². The summed E-state index contributed by atoms with van der Waals surface area (Å²) in [6.07, 6.45) is 9.50. The van der Waals surface area contributed by atoms with E-state index in [9.17, 15) is 4.79 Å². The topological polar surface area (TPSA) is 58.4 Å². The number of fused-ring (bicyclic) bond motifs is 3. The molecule has 2 N–H and O–H groups in total. The number of imidazole rings is 1. The van der Waals surface area contributed by atoms with E-state index in [0.29, 0.717) is 24.4 Å². The van der Waals surface area contributed by atoms with Gasteiger partial charge in [-0.25, -0.2) is 4.98 Å². The van der Waals surface area contributed by atoms with Crippen LogP contribution in [0.15, 0.2) is 48.8 Å². The summed E-state index contributed by atoms with van der Waals surface area (Å²) in [6.45, 7) is 2.07. The molecule has 5 rings (SSSR count). The lowest BCUT2D eigenvalue weighted by Gasteiger charge is -2.28. The largest absolute Gasteiger partial charge is 0.326 e. The van der Waals surface area contributed by atoms with Gasteiger partial charge in [0, 0.05) is 42.1 Å². The highest BCUT2D eigenvalue weighted by atomic mass is 16.1. The number of carbonyl (C=O) groups excluding carboxylic acids is 1. The van der Waals surface area contributed by atoms with E-state index in [1.165, 1.54) is 12.8 Å². The number of carbonyl (C=O) groups is 1. The minimum Gasteiger partial charge on any atom is -0.326 e. The molecule has 2 saturated heterocycles. The molecular formula is C23H26N4O. The van der Waals surface area contributed by atoms with E-state index >= 15 is 0 Å². The fourth-order valence-corrected chi connectivity index (χ4v) is 4.83. The number of amides is 1. The molecule has 2 atom stereocenters. The zero-order valence-electron chi connectivity index (χ0n) is 16.2. The first-order valence-electron chi connectivity index (χ1n) is 10.2. The smallest absolute Gasteiger partial charge is 0.224 e. The van der Waals surface area contributed by atoms with E-state index in [2.05, 4.69) is 23.6 Å². The van der Waals surface area contributed by atoms with Crippen LogP contribution in [0.25, 0.3) is 16.9 Å². The molecule has 2 aromatic heterocycles. The number of rotatable bonds is 4. The fraction of sp³-hybridized carbons (Fsp3) is 0.391. The van der Waals surface area contributed by atoms with Crippen molar-refractivity contribution in [2.45, 2.75) is 51.1 Å². The molecule has 3 aromatic rings. The Hall–Kier alpha value is -2.66. The van der Waals surface area contributed by atoms with Crippen molar-refractivity contribution >= 4 is 17.2 Å². The van der Waals surface area contributed by atoms with Gasteiger partial charge in [0.25, 0.3) is 0 Å². The Morgan fingerprint density at radius 1 is 1.18 bits per heavy atom. The van der Waals surface area contributed by atoms with Crippen molar-refractivity contribution in [1.29, 1.82) is 0 Å². The molecule has 2 aliphatic heterocycles. The van der Waals surface area contributed by atoms with Gasteiger partial charge in [-0.3, -0.25) is 4.79 Å². The van der Waals surface area contributed by atoms with Crippen LogP contribution in [0.3, 0.4) is 0 Å². The number of pyridine rings is 1. The first-order valence-corrected chi connectivity index (χ1v) is 10.2. The average molecular weight is 374 g/mol. The number of benzene rings is 1. The molecule has 5 nitrogen and oxygen atoms in total. The van der Waals surface area contributed by atoms with Gasteiger partial charge < -0.3 is 15.0 Å². The molecule has 0 aliphatic carbocycles. The van der Waals surface area contributed by atoms with Crippen molar-refractivity contribution in [3.05, 3.63) is 54.4 Å². The van der Waals surface area contributed by atoms with E-state index < -0.39 is 0 Å². The second kappa shape index (κ2) is 7.06. The van der Waals surface area contributed by atoms with Crippen molar-refractivity contribution in [3.63, 3.8) is 0 Å². The second-order valence-corrected chi connectivity index (χ2v) is 8.35. The van der Waals surface area contributed by atoms with Crippen molar-refractivity contribution in [3.8, 4) is 11.3 Å². The first-order chi connectivity index (χ1) is 13.6. The van der Waals surface area contributed by atoms with E-state index in [-0.39, 0.29) is 5.91 Å². The van der Waals surface area contributed by atoms with E-state index in [1.807, 2.05) is 47.1 Å². The SMILES string of the molecule is Cc1cccn2cc(-c3ccc(NC(=O)CC4CC5CCC(C4)N5)cc3)nc12. The molecule has 28 heavy (non-hydrogen) atoms. The zero-order chi connectivity index (χ0) is 19.1. The van der Waals surface area contributed by atoms with Crippen LogP contribution in [0.5, 0.6) is 0 Å². The monoisotopic (exact) mass is 374 g/mol. The summed E-state index contributed by atoms with van der Waals surface area (Å²) in [5.74, 6) is 0.640. The van der Waals surface area contributed by atoms with Gasteiger partial charge in [0.1, 0.15) is 5.65 Å². The van der Waals surface area contributed by atoms with Crippen molar-refractivity contribution in [1.82, 2.24) is 14.7 Å². The third-order valence-electron chi connectivity index (χ3n) is 6.19. The lowest BCUT2D eigenvalue weighted by atomic mass is 9.89. The summed E-state index contributed by atoms with van der Waals surface area (Å²) >= 11 is 0. The van der Waals surface area contributed by atoms with Crippen LogP contribution in [0.1, 0.15) is 37.7 Å². The number of anilines is 1. The minimum atomic E-state index is 0.127. The Morgan fingerprint density at radius 2 is 1.93 bits per heavy atom. The van der Waals surface area contributed by atoms with Gasteiger partial charge in [-0.05, 0) is 62.3 Å². The van der Waals surface area contributed by atoms with Gasteiger partial charge in [0.2, 0.25) is 5.91 Å². The Labute approximate surface area is 165 Å². The summed E-state index contributed by atoms with van der Waals surface area (Å²) in [4.78, 5) is 17.2. The first kappa shape index (κ1) is 17.4. The molecule has 5 heteroatoms. The summed E-state index contributed by atoms with van der Waals surface area (Å²) in [7, 11) is 0. The molecule has 2 fully saturated rings. The molecule has 0 saturated carbocycles. The molecule has 1 aromatic carbocycles. The average Bonchev–Trinajstić information content (AvgIpc) is 3.26. The number of hydrogen-bond acceptors (Lipinski definition) is 3. The number of piperidine rings is 1. The maximum absolute atomic E-state index is 12.5. The Balaban J connectivity index is 1.24. The number of nitrogens with zero attached hydrogens (tertiary/aromatic N) is 2. The third-order valence-corrected chi connectivity index (χ3v) is 6.19. The number of nitrogens with one attached hydrogen (secondary N) is 2. The summed E-state index contributed by atoms with van der Waals surface area (Å²) in [6, 6.07) is 13.3. The summed E-state index contributed by atoms with van der Waals surface area (Å²) < 4.78 is 2.05. The van der Waals surface area contributed by atoms with E-state index in [1.54, 1.807) is 0 Å². The van der Waals surface area contributed by atoms with Crippen LogP contribution in [-0.2, 0) is 4.79 Å². The van der Waals surface area contributed by atoms with E-state index in [0.717, 1.165) is 41.0 Å². The Bertz CT molecular complexity index is 995. The lowest BCUT2D eigenvalue weighted by molar-refractivity contribution is -0.117.